The second-order valence-corrected chi connectivity index (χ2v) is 2.73. The molecule has 0 unspecified atom stereocenters. The summed E-state index contributed by atoms with van der Waals surface area (Å²) in [5.74, 6) is 5.31. The van der Waals surface area contributed by atoms with Crippen LogP contribution in [-0.4, -0.2) is 18.4 Å². The molecule has 0 aliphatic carbocycles. The van der Waals surface area contributed by atoms with Crippen molar-refractivity contribution < 1.29 is 0 Å². The number of hydrogen-bond donors (Lipinski definition) is 1. The number of hydrogen-bond acceptors (Lipinski definition) is 3. The number of hydrazone groups is 1. The molecule has 0 radical (unpaired) electrons. The minimum Gasteiger partial charge on any atom is -0.236 e. The molecule has 12 heavy (non-hydrogen) atoms. The van der Waals surface area contributed by atoms with Crippen molar-refractivity contribution in [3.63, 3.8) is 0 Å². The summed E-state index contributed by atoms with van der Waals surface area (Å²) < 4.78 is 0. The van der Waals surface area contributed by atoms with E-state index in [4.69, 9.17) is 5.84 Å². The van der Waals surface area contributed by atoms with Gasteiger partial charge in [-0.1, -0.05) is 29.8 Å². The maximum absolute atomic E-state index is 5.31. The Morgan fingerprint density at radius 1 is 1.50 bits per heavy atom. The van der Waals surface area contributed by atoms with Gasteiger partial charge in [0.2, 0.25) is 0 Å². The third-order valence-corrected chi connectivity index (χ3v) is 1.43. The largest absolute Gasteiger partial charge is 0.236 e. The molecule has 0 saturated heterocycles. The van der Waals surface area contributed by atoms with Gasteiger partial charge in [0.25, 0.3) is 0 Å². The second kappa shape index (κ2) is 3.88. The Morgan fingerprint density at radius 3 is 2.83 bits per heavy atom. The summed E-state index contributed by atoms with van der Waals surface area (Å²) in [4.78, 5) is 0. The van der Waals surface area contributed by atoms with Gasteiger partial charge >= 0.3 is 0 Å². The van der Waals surface area contributed by atoms with E-state index in [0.29, 0.717) is 0 Å². The van der Waals surface area contributed by atoms with E-state index in [2.05, 4.69) is 5.10 Å². The molecule has 0 saturated carbocycles. The van der Waals surface area contributed by atoms with E-state index in [1.165, 1.54) is 10.7 Å². The van der Waals surface area contributed by atoms with E-state index < -0.39 is 0 Å². The molecule has 0 aliphatic heterocycles. The molecule has 1 aromatic carbocycles. The van der Waals surface area contributed by atoms with E-state index >= 15 is 0 Å². The van der Waals surface area contributed by atoms with Gasteiger partial charge in [-0.15, -0.1) is 0 Å². The van der Waals surface area contributed by atoms with Crippen LogP contribution in [0.1, 0.15) is 11.1 Å². The predicted octanol–water partition coefficient (Wildman–Crippen LogP) is 1.13. The van der Waals surface area contributed by atoms with E-state index in [0.717, 1.165) is 5.56 Å². The highest BCUT2D eigenvalue weighted by Gasteiger charge is 1.87. The van der Waals surface area contributed by atoms with Gasteiger partial charge in [0, 0.05) is 7.05 Å². The SMILES string of the molecule is Cc1cccc(/C=N/N(C)N)c1. The fourth-order valence-corrected chi connectivity index (χ4v) is 0.908. The lowest BCUT2D eigenvalue weighted by Crippen LogP contribution is -2.18. The standard InChI is InChI=1S/C9H13N3/c1-8-4-3-5-9(6-8)7-11-12(2)10/h3-7H,10H2,1-2H3/b11-7+. The number of nitrogens with two attached hydrogens (primary N) is 1. The fraction of sp³-hybridized carbons (Fsp3) is 0.222. The molecule has 64 valence electrons. The first-order valence-electron chi connectivity index (χ1n) is 3.77. The minimum atomic E-state index is 1.06. The number of hydrazine groups is 1. The van der Waals surface area contributed by atoms with Crippen LogP contribution in [-0.2, 0) is 0 Å². The van der Waals surface area contributed by atoms with E-state index in [1.807, 2.05) is 31.2 Å². The highest BCUT2D eigenvalue weighted by Crippen LogP contribution is 2.00. The van der Waals surface area contributed by atoms with Crippen molar-refractivity contribution in [1.82, 2.24) is 5.12 Å². The Labute approximate surface area is 72.5 Å². The fourth-order valence-electron chi connectivity index (χ4n) is 0.908. The maximum Gasteiger partial charge on any atom is 0.0558 e. The van der Waals surface area contributed by atoms with E-state index in [9.17, 15) is 0 Å². The van der Waals surface area contributed by atoms with Crippen molar-refractivity contribution in [2.45, 2.75) is 6.92 Å². The van der Waals surface area contributed by atoms with Gasteiger partial charge in [-0.25, -0.2) is 11.0 Å². The maximum atomic E-state index is 5.31. The van der Waals surface area contributed by atoms with Crippen LogP contribution in [0, 0.1) is 6.92 Å². The zero-order chi connectivity index (χ0) is 8.97. The smallest absolute Gasteiger partial charge is 0.0558 e. The number of aryl methyl sites for hydroxylation is 1. The summed E-state index contributed by atoms with van der Waals surface area (Å²) >= 11 is 0. The first kappa shape index (κ1) is 8.74. The summed E-state index contributed by atoms with van der Waals surface area (Å²) in [5, 5.41) is 5.20. The van der Waals surface area contributed by atoms with Gasteiger partial charge in [-0.2, -0.15) is 5.10 Å². The minimum absolute atomic E-state index is 1.06. The Balaban J connectivity index is 2.76. The zero-order valence-electron chi connectivity index (χ0n) is 7.36. The first-order chi connectivity index (χ1) is 5.68. The van der Waals surface area contributed by atoms with Gasteiger partial charge in [-0.3, -0.25) is 0 Å². The van der Waals surface area contributed by atoms with Crippen LogP contribution < -0.4 is 5.84 Å². The third-order valence-electron chi connectivity index (χ3n) is 1.43. The van der Waals surface area contributed by atoms with Gasteiger partial charge < -0.3 is 0 Å². The average molecular weight is 163 g/mol. The summed E-state index contributed by atoms with van der Waals surface area (Å²) in [6.07, 6.45) is 1.73. The molecule has 0 aromatic heterocycles. The van der Waals surface area contributed by atoms with Crippen LogP contribution >= 0.6 is 0 Å². The van der Waals surface area contributed by atoms with Crippen LogP contribution in [0.2, 0.25) is 0 Å². The summed E-state index contributed by atoms with van der Waals surface area (Å²) in [6.45, 7) is 2.05. The molecule has 3 nitrogen and oxygen atoms in total. The third kappa shape index (κ3) is 2.72. The highest BCUT2D eigenvalue weighted by atomic mass is 15.6. The predicted molar refractivity (Wildman–Crippen MR) is 50.7 cm³/mol. The monoisotopic (exact) mass is 163 g/mol. The number of rotatable bonds is 2. The first-order valence-corrected chi connectivity index (χ1v) is 3.77. The Morgan fingerprint density at radius 2 is 2.25 bits per heavy atom. The van der Waals surface area contributed by atoms with Crippen molar-refractivity contribution in [2.75, 3.05) is 7.05 Å². The number of benzene rings is 1. The summed E-state index contributed by atoms with van der Waals surface area (Å²) in [7, 11) is 1.69. The molecule has 0 atom stereocenters. The van der Waals surface area contributed by atoms with Crippen molar-refractivity contribution in [1.29, 1.82) is 0 Å². The molecule has 0 aliphatic rings. The molecule has 1 rings (SSSR count). The Bertz CT molecular complexity index is 279. The van der Waals surface area contributed by atoms with Crippen LogP contribution in [0.25, 0.3) is 0 Å². The lowest BCUT2D eigenvalue weighted by atomic mass is 10.2. The molecule has 0 fully saturated rings. The quantitative estimate of drug-likeness (QED) is 0.403. The van der Waals surface area contributed by atoms with Crippen LogP contribution in [0.15, 0.2) is 29.4 Å². The van der Waals surface area contributed by atoms with Crippen LogP contribution in [0.3, 0.4) is 0 Å². The Kier molecular flexibility index (Phi) is 2.82. The topological polar surface area (TPSA) is 41.6 Å². The molecule has 0 heterocycles. The van der Waals surface area contributed by atoms with Crippen molar-refractivity contribution in [2.24, 2.45) is 10.9 Å². The Hall–Kier alpha value is -1.35. The molecule has 2 N–H and O–H groups in total. The normalized spacial score (nSPS) is 10.6. The summed E-state index contributed by atoms with van der Waals surface area (Å²) in [6, 6.07) is 8.07. The van der Waals surface area contributed by atoms with Crippen molar-refractivity contribution in [3.8, 4) is 0 Å². The molecule has 0 bridgehead atoms. The van der Waals surface area contributed by atoms with E-state index in [-0.39, 0.29) is 0 Å². The van der Waals surface area contributed by atoms with Crippen LogP contribution in [0.4, 0.5) is 0 Å². The molecular weight excluding hydrogens is 150 g/mol. The van der Waals surface area contributed by atoms with Gasteiger partial charge in [0.1, 0.15) is 0 Å². The molecule has 0 spiro atoms. The lowest BCUT2D eigenvalue weighted by molar-refractivity contribution is 0.374. The van der Waals surface area contributed by atoms with Crippen LogP contribution in [0.5, 0.6) is 0 Å². The highest BCUT2D eigenvalue weighted by molar-refractivity contribution is 5.79. The molecule has 0 amide bonds. The zero-order valence-corrected chi connectivity index (χ0v) is 7.36. The molecule has 1 aromatic rings. The van der Waals surface area contributed by atoms with Gasteiger partial charge in [0.15, 0.2) is 0 Å². The lowest BCUT2D eigenvalue weighted by Gasteiger charge is -2.01. The second-order valence-electron chi connectivity index (χ2n) is 2.73. The average Bonchev–Trinajstić information content (AvgIpc) is 2.01. The number of nitrogens with zero attached hydrogens (tertiary/aromatic N) is 2. The molecular formula is C9H13N3. The van der Waals surface area contributed by atoms with E-state index in [1.54, 1.807) is 13.3 Å². The van der Waals surface area contributed by atoms with Crippen molar-refractivity contribution in [3.05, 3.63) is 35.4 Å². The summed E-state index contributed by atoms with van der Waals surface area (Å²) in [5.41, 5.74) is 2.28. The van der Waals surface area contributed by atoms with Gasteiger partial charge in [0.05, 0.1) is 6.21 Å². The van der Waals surface area contributed by atoms with Crippen molar-refractivity contribution >= 4 is 6.21 Å². The van der Waals surface area contributed by atoms with Gasteiger partial charge in [-0.05, 0) is 12.5 Å². The molecule has 3 heteroatoms.